The number of rotatable bonds is 3. The van der Waals surface area contributed by atoms with Crippen LogP contribution in [0.5, 0.6) is 0 Å². The van der Waals surface area contributed by atoms with Crippen molar-refractivity contribution < 1.29 is 0 Å². The SMILES string of the molecule is c1ccc(-c2nc(-n3c4ccccc4c4cc(-c5ccc6c(c5)-c5ccccc5S65c6ccccc6-c6ccccc65)ccc43)nc3ccccc23)cc1. The Kier molecular flexibility index (Phi) is 6.14. The van der Waals surface area contributed by atoms with Gasteiger partial charge < -0.3 is 0 Å². The zero-order valence-electron chi connectivity index (χ0n) is 29.1. The second-order valence-corrected chi connectivity index (χ2v) is 17.1. The minimum Gasteiger partial charge on any atom is -0.278 e. The van der Waals surface area contributed by atoms with Gasteiger partial charge in [-0.25, -0.2) is 9.97 Å². The lowest BCUT2D eigenvalue weighted by Gasteiger charge is -2.36. The lowest BCUT2D eigenvalue weighted by Crippen LogP contribution is -2.03. The summed E-state index contributed by atoms with van der Waals surface area (Å²) in [5.74, 6) is 0.672. The monoisotopic (exact) mass is 705 g/mol. The van der Waals surface area contributed by atoms with Gasteiger partial charge in [0, 0.05) is 41.3 Å². The van der Waals surface area contributed by atoms with Gasteiger partial charge >= 0.3 is 0 Å². The van der Waals surface area contributed by atoms with Crippen LogP contribution in [-0.4, -0.2) is 14.5 Å². The fourth-order valence-electron chi connectivity index (χ4n) is 9.11. The summed E-state index contributed by atoms with van der Waals surface area (Å²) in [6.45, 7) is 0. The van der Waals surface area contributed by atoms with E-state index in [-0.39, 0.29) is 0 Å². The maximum absolute atomic E-state index is 5.28. The fourth-order valence-corrected chi connectivity index (χ4v) is 13.7. The molecular weight excluding hydrogens is 675 g/mol. The van der Waals surface area contributed by atoms with E-state index in [1.165, 1.54) is 63.7 Å². The van der Waals surface area contributed by atoms with Gasteiger partial charge in [-0.3, -0.25) is 4.57 Å². The number of hydrogen-bond donors (Lipinski definition) is 0. The highest BCUT2D eigenvalue weighted by atomic mass is 32.3. The van der Waals surface area contributed by atoms with Crippen molar-refractivity contribution in [3.63, 3.8) is 0 Å². The van der Waals surface area contributed by atoms with Gasteiger partial charge in [-0.15, -0.1) is 10.0 Å². The van der Waals surface area contributed by atoms with E-state index in [0.717, 1.165) is 33.2 Å². The molecule has 10 aromatic rings. The van der Waals surface area contributed by atoms with E-state index >= 15 is 0 Å². The second kappa shape index (κ2) is 11.1. The van der Waals surface area contributed by atoms with Gasteiger partial charge in [0.15, 0.2) is 0 Å². The Labute approximate surface area is 314 Å². The van der Waals surface area contributed by atoms with Gasteiger partial charge in [0.2, 0.25) is 5.95 Å². The van der Waals surface area contributed by atoms with Crippen LogP contribution in [0, 0.1) is 0 Å². The van der Waals surface area contributed by atoms with Crippen LogP contribution >= 0.6 is 10.0 Å². The molecule has 54 heavy (non-hydrogen) atoms. The van der Waals surface area contributed by atoms with Crippen molar-refractivity contribution in [2.24, 2.45) is 0 Å². The van der Waals surface area contributed by atoms with E-state index < -0.39 is 10.0 Å². The summed E-state index contributed by atoms with van der Waals surface area (Å²) in [6, 6.07) is 68.7. The molecule has 8 aromatic carbocycles. The average Bonchev–Trinajstić information content (AvgIpc) is 3.85. The smallest absolute Gasteiger partial charge is 0.235 e. The minimum atomic E-state index is -1.61. The van der Waals surface area contributed by atoms with Crippen LogP contribution in [0.2, 0.25) is 0 Å². The van der Waals surface area contributed by atoms with Gasteiger partial charge in [-0.1, -0.05) is 133 Å². The average molecular weight is 706 g/mol. The molecule has 0 unspecified atom stereocenters. The number of para-hydroxylation sites is 2. The standard InChI is InChI=1S/C50H31N3S/c1-2-14-32(15-3-1)49-39-20-4-9-21-42(39)51-50(52-49)53-43-22-10-5-16-35(43)40-30-33(26-28-44(40)53)34-27-29-48-41(31-34)38-19-8-13-25-47(38)54(48)45-23-11-6-17-36(45)37-18-7-12-24-46(37)54/h1-31H. The van der Waals surface area contributed by atoms with Crippen LogP contribution in [0.25, 0.3) is 83.3 Å². The van der Waals surface area contributed by atoms with E-state index in [1.807, 2.05) is 6.07 Å². The molecule has 0 saturated heterocycles. The van der Waals surface area contributed by atoms with Gasteiger partial charge in [0.1, 0.15) is 0 Å². The lowest BCUT2D eigenvalue weighted by atomic mass is 9.98. The molecule has 2 aliphatic heterocycles. The summed E-state index contributed by atoms with van der Waals surface area (Å²) < 4.78 is 2.23. The number of nitrogens with zero attached hydrogens (tertiary/aromatic N) is 3. The van der Waals surface area contributed by atoms with Crippen LogP contribution in [0.15, 0.2) is 208 Å². The molecule has 4 heteroatoms. The molecule has 0 aliphatic carbocycles. The van der Waals surface area contributed by atoms with Crippen molar-refractivity contribution in [3.8, 4) is 50.6 Å². The van der Waals surface area contributed by atoms with Crippen LogP contribution < -0.4 is 0 Å². The van der Waals surface area contributed by atoms with Crippen LogP contribution in [0.4, 0.5) is 0 Å². The van der Waals surface area contributed by atoms with Crippen LogP contribution in [0.1, 0.15) is 0 Å². The number of benzene rings is 8. The minimum absolute atomic E-state index is 0.672. The van der Waals surface area contributed by atoms with Crippen molar-refractivity contribution in [2.45, 2.75) is 19.6 Å². The summed E-state index contributed by atoms with van der Waals surface area (Å²) in [4.78, 5) is 16.2. The first kappa shape index (κ1) is 29.8. The molecule has 0 saturated carbocycles. The van der Waals surface area contributed by atoms with E-state index in [9.17, 15) is 0 Å². The molecule has 12 rings (SSSR count). The first-order valence-corrected chi connectivity index (χ1v) is 20.0. The van der Waals surface area contributed by atoms with Crippen LogP contribution in [0.3, 0.4) is 0 Å². The predicted octanol–water partition coefficient (Wildman–Crippen LogP) is 13.4. The molecule has 1 spiro atoms. The highest BCUT2D eigenvalue weighted by Crippen LogP contribution is 2.84. The molecule has 2 aliphatic rings. The molecule has 2 aromatic heterocycles. The molecule has 0 N–H and O–H groups in total. The molecule has 0 atom stereocenters. The van der Waals surface area contributed by atoms with Gasteiger partial charge in [-0.2, -0.15) is 0 Å². The summed E-state index contributed by atoms with van der Waals surface area (Å²) in [7, 11) is -1.61. The molecule has 4 heterocycles. The Morgan fingerprint density at radius 3 is 1.63 bits per heavy atom. The quantitative estimate of drug-likeness (QED) is 0.183. The summed E-state index contributed by atoms with van der Waals surface area (Å²) in [6.07, 6.45) is 0. The Balaban J connectivity index is 1.06. The number of hydrogen-bond acceptors (Lipinski definition) is 2. The molecule has 3 nitrogen and oxygen atoms in total. The van der Waals surface area contributed by atoms with E-state index in [2.05, 4.69) is 187 Å². The lowest BCUT2D eigenvalue weighted by molar-refractivity contribution is 1.01. The maximum Gasteiger partial charge on any atom is 0.235 e. The van der Waals surface area contributed by atoms with Crippen molar-refractivity contribution in [1.82, 2.24) is 14.5 Å². The van der Waals surface area contributed by atoms with Crippen molar-refractivity contribution >= 4 is 42.7 Å². The summed E-state index contributed by atoms with van der Waals surface area (Å²) >= 11 is 0. The second-order valence-electron chi connectivity index (χ2n) is 14.2. The van der Waals surface area contributed by atoms with Gasteiger partial charge in [-0.05, 0) is 88.0 Å². The highest BCUT2D eigenvalue weighted by Gasteiger charge is 2.47. The fraction of sp³-hybridized carbons (Fsp3) is 0. The third-order valence-electron chi connectivity index (χ3n) is 11.4. The molecule has 0 bridgehead atoms. The Morgan fingerprint density at radius 1 is 0.352 bits per heavy atom. The first-order chi connectivity index (χ1) is 26.8. The molecule has 252 valence electrons. The molecule has 0 fully saturated rings. The maximum atomic E-state index is 5.28. The van der Waals surface area contributed by atoms with Crippen molar-refractivity contribution in [1.29, 1.82) is 0 Å². The van der Waals surface area contributed by atoms with Crippen molar-refractivity contribution in [2.75, 3.05) is 0 Å². The summed E-state index contributed by atoms with van der Waals surface area (Å²) in [5, 5.41) is 3.41. The molecule has 0 amide bonds. The van der Waals surface area contributed by atoms with E-state index in [0.29, 0.717) is 5.95 Å². The topological polar surface area (TPSA) is 30.7 Å². The molecular formula is C50H31N3S. The zero-order valence-corrected chi connectivity index (χ0v) is 30.0. The zero-order chi connectivity index (χ0) is 35.4. The van der Waals surface area contributed by atoms with Gasteiger partial charge in [0.25, 0.3) is 0 Å². The molecule has 0 radical (unpaired) electrons. The third kappa shape index (κ3) is 3.92. The van der Waals surface area contributed by atoms with E-state index in [4.69, 9.17) is 9.97 Å². The number of aromatic nitrogens is 3. The Morgan fingerprint density at radius 2 is 0.889 bits per heavy atom. The Hall–Kier alpha value is -6.75. The normalized spacial score (nSPS) is 13.9. The predicted molar refractivity (Wildman–Crippen MR) is 223 cm³/mol. The Bertz CT molecular complexity index is 3130. The summed E-state index contributed by atoms with van der Waals surface area (Å²) in [5.41, 5.74) is 12.9. The highest BCUT2D eigenvalue weighted by molar-refractivity contribution is 8.34. The first-order valence-electron chi connectivity index (χ1n) is 18.4. The van der Waals surface area contributed by atoms with Gasteiger partial charge in [0.05, 0.1) is 22.2 Å². The van der Waals surface area contributed by atoms with Crippen LogP contribution in [-0.2, 0) is 0 Å². The van der Waals surface area contributed by atoms with E-state index in [1.54, 1.807) is 0 Å². The third-order valence-corrected chi connectivity index (χ3v) is 15.4. The number of fused-ring (bicyclic) bond motifs is 14. The van der Waals surface area contributed by atoms with Crippen molar-refractivity contribution in [3.05, 3.63) is 188 Å². The largest absolute Gasteiger partial charge is 0.278 e.